The summed E-state index contributed by atoms with van der Waals surface area (Å²) in [6.45, 7) is 1.97. The van der Waals surface area contributed by atoms with Crippen LogP contribution in [0.15, 0.2) is 55.1 Å². The number of nitrogens with one attached hydrogen (secondary N) is 1. The van der Waals surface area contributed by atoms with Crippen LogP contribution < -0.4 is 5.32 Å². The molecule has 0 atom stereocenters. The Morgan fingerprint density at radius 2 is 2.00 bits per heavy atom. The van der Waals surface area contributed by atoms with E-state index in [9.17, 15) is 9.18 Å². The van der Waals surface area contributed by atoms with Gasteiger partial charge < -0.3 is 5.32 Å². The van der Waals surface area contributed by atoms with E-state index >= 15 is 0 Å². The van der Waals surface area contributed by atoms with Crippen molar-refractivity contribution in [2.45, 2.75) is 25.8 Å². The van der Waals surface area contributed by atoms with Crippen molar-refractivity contribution in [2.24, 2.45) is 0 Å². The number of imidazole rings is 1. The molecule has 0 bridgehead atoms. The molecular formula is C22H18FN5O. The Hall–Kier alpha value is -3.61. The molecule has 7 heteroatoms. The van der Waals surface area contributed by atoms with Gasteiger partial charge in [-0.25, -0.2) is 19.3 Å². The van der Waals surface area contributed by atoms with Gasteiger partial charge in [0.25, 0.3) is 5.91 Å². The maximum atomic E-state index is 13.7. The molecule has 0 radical (unpaired) electrons. The van der Waals surface area contributed by atoms with Crippen molar-refractivity contribution in [2.75, 3.05) is 0 Å². The molecule has 0 saturated heterocycles. The largest absolute Gasteiger partial charge is 0.349 e. The fourth-order valence-corrected chi connectivity index (χ4v) is 3.36. The first-order valence-corrected chi connectivity index (χ1v) is 9.46. The lowest BCUT2D eigenvalue weighted by Crippen LogP contribution is -2.25. The summed E-state index contributed by atoms with van der Waals surface area (Å²) < 4.78 is 15.5. The quantitative estimate of drug-likeness (QED) is 0.578. The van der Waals surface area contributed by atoms with Crippen molar-refractivity contribution in [3.05, 3.63) is 72.1 Å². The number of fused-ring (bicyclic) bond motifs is 1. The van der Waals surface area contributed by atoms with Gasteiger partial charge in [0, 0.05) is 17.2 Å². The molecule has 1 N–H and O–H groups in total. The fraction of sp³-hybridized carbons (Fsp3) is 0.182. The molecule has 2 heterocycles. The van der Waals surface area contributed by atoms with E-state index in [0.717, 1.165) is 24.1 Å². The van der Waals surface area contributed by atoms with E-state index in [0.29, 0.717) is 34.0 Å². The van der Waals surface area contributed by atoms with Gasteiger partial charge in [0.05, 0.1) is 5.69 Å². The number of hydrogen-bond donors (Lipinski definition) is 1. The Kier molecular flexibility index (Phi) is 4.08. The van der Waals surface area contributed by atoms with E-state index in [1.807, 2.05) is 29.7 Å². The maximum Gasteiger partial charge on any atom is 0.251 e. The van der Waals surface area contributed by atoms with E-state index in [-0.39, 0.29) is 11.7 Å². The monoisotopic (exact) mass is 387 g/mol. The first kappa shape index (κ1) is 17.5. The van der Waals surface area contributed by atoms with Crippen LogP contribution in [-0.4, -0.2) is 31.5 Å². The predicted octanol–water partition coefficient (Wildman–Crippen LogP) is 3.82. The SMILES string of the molecule is Cc1ccc(C(=O)NC2CC2)cc1-n1cnc2c(-c3cccc(F)c3)ncnc21. The Bertz CT molecular complexity index is 1250. The van der Waals surface area contributed by atoms with Crippen LogP contribution >= 0.6 is 0 Å². The summed E-state index contributed by atoms with van der Waals surface area (Å²) in [7, 11) is 0. The Labute approximate surface area is 166 Å². The molecule has 29 heavy (non-hydrogen) atoms. The molecule has 2 aromatic heterocycles. The molecule has 1 aliphatic carbocycles. The second kappa shape index (κ2) is 6.77. The van der Waals surface area contributed by atoms with Gasteiger partial charge in [0.15, 0.2) is 5.65 Å². The third-order valence-corrected chi connectivity index (χ3v) is 5.07. The molecule has 6 nitrogen and oxygen atoms in total. The van der Waals surface area contributed by atoms with Gasteiger partial charge >= 0.3 is 0 Å². The number of carbonyl (C=O) groups excluding carboxylic acids is 1. The Balaban J connectivity index is 1.61. The number of benzene rings is 2. The van der Waals surface area contributed by atoms with Crippen LogP contribution in [0.2, 0.25) is 0 Å². The molecule has 0 aliphatic heterocycles. The van der Waals surface area contributed by atoms with Gasteiger partial charge in [-0.15, -0.1) is 0 Å². The normalized spacial score (nSPS) is 13.6. The molecule has 1 amide bonds. The van der Waals surface area contributed by atoms with Crippen LogP contribution in [0.25, 0.3) is 28.1 Å². The highest BCUT2D eigenvalue weighted by Gasteiger charge is 2.24. The van der Waals surface area contributed by atoms with E-state index in [1.165, 1.54) is 18.5 Å². The van der Waals surface area contributed by atoms with Crippen LogP contribution in [0.1, 0.15) is 28.8 Å². The number of halogens is 1. The first-order valence-electron chi connectivity index (χ1n) is 9.46. The molecule has 5 rings (SSSR count). The molecular weight excluding hydrogens is 369 g/mol. The zero-order chi connectivity index (χ0) is 20.0. The van der Waals surface area contributed by atoms with Crippen molar-refractivity contribution >= 4 is 17.1 Å². The molecule has 1 saturated carbocycles. The second-order valence-electron chi connectivity index (χ2n) is 7.27. The van der Waals surface area contributed by atoms with Gasteiger partial charge in [-0.1, -0.05) is 18.2 Å². The average molecular weight is 387 g/mol. The van der Waals surface area contributed by atoms with Crippen LogP contribution in [0.3, 0.4) is 0 Å². The lowest BCUT2D eigenvalue weighted by atomic mass is 10.1. The fourth-order valence-electron chi connectivity index (χ4n) is 3.36. The number of amides is 1. The van der Waals surface area contributed by atoms with Gasteiger partial charge in [-0.2, -0.15) is 0 Å². The van der Waals surface area contributed by atoms with Crippen LogP contribution in [0.4, 0.5) is 4.39 Å². The summed E-state index contributed by atoms with van der Waals surface area (Å²) in [5, 5.41) is 3.01. The van der Waals surface area contributed by atoms with Gasteiger partial charge in [-0.3, -0.25) is 9.36 Å². The highest BCUT2D eigenvalue weighted by Crippen LogP contribution is 2.28. The van der Waals surface area contributed by atoms with E-state index < -0.39 is 0 Å². The molecule has 144 valence electrons. The molecule has 1 aliphatic rings. The standard InChI is InChI=1S/C22H18FN5O/c1-13-5-6-15(22(29)27-17-7-8-17)10-18(13)28-12-26-20-19(24-11-25-21(20)28)14-3-2-4-16(23)9-14/h2-6,9-12,17H,7-8H2,1H3,(H,27,29). The lowest BCUT2D eigenvalue weighted by molar-refractivity contribution is 0.0951. The predicted molar refractivity (Wildman–Crippen MR) is 107 cm³/mol. The topological polar surface area (TPSA) is 72.7 Å². The summed E-state index contributed by atoms with van der Waals surface area (Å²) in [4.78, 5) is 25.7. The summed E-state index contributed by atoms with van der Waals surface area (Å²) in [5.41, 5.74) is 4.77. The minimum Gasteiger partial charge on any atom is -0.349 e. The first-order chi connectivity index (χ1) is 14.1. The summed E-state index contributed by atoms with van der Waals surface area (Å²) >= 11 is 0. The zero-order valence-corrected chi connectivity index (χ0v) is 15.8. The smallest absolute Gasteiger partial charge is 0.251 e. The van der Waals surface area contributed by atoms with Crippen LogP contribution in [0.5, 0.6) is 0 Å². The zero-order valence-electron chi connectivity index (χ0n) is 15.8. The number of hydrogen-bond acceptors (Lipinski definition) is 4. The van der Waals surface area contributed by atoms with Crippen molar-refractivity contribution < 1.29 is 9.18 Å². The number of carbonyl (C=O) groups is 1. The third-order valence-electron chi connectivity index (χ3n) is 5.07. The van der Waals surface area contributed by atoms with Crippen molar-refractivity contribution in [3.8, 4) is 16.9 Å². The molecule has 2 aromatic carbocycles. The van der Waals surface area contributed by atoms with Crippen molar-refractivity contribution in [1.29, 1.82) is 0 Å². The maximum absolute atomic E-state index is 13.7. The molecule has 4 aromatic rings. The van der Waals surface area contributed by atoms with Crippen molar-refractivity contribution in [3.63, 3.8) is 0 Å². The lowest BCUT2D eigenvalue weighted by Gasteiger charge is -2.11. The minimum atomic E-state index is -0.334. The highest BCUT2D eigenvalue weighted by atomic mass is 19.1. The number of nitrogens with zero attached hydrogens (tertiary/aromatic N) is 4. The van der Waals surface area contributed by atoms with E-state index in [2.05, 4.69) is 20.3 Å². The molecule has 0 unspecified atom stereocenters. The van der Waals surface area contributed by atoms with Crippen LogP contribution in [-0.2, 0) is 0 Å². The Morgan fingerprint density at radius 1 is 1.14 bits per heavy atom. The minimum absolute atomic E-state index is 0.0757. The van der Waals surface area contributed by atoms with Crippen molar-refractivity contribution in [1.82, 2.24) is 24.8 Å². The Morgan fingerprint density at radius 3 is 2.79 bits per heavy atom. The highest BCUT2D eigenvalue weighted by molar-refractivity contribution is 5.95. The summed E-state index contributed by atoms with van der Waals surface area (Å²) in [6, 6.07) is 12.1. The van der Waals surface area contributed by atoms with E-state index in [4.69, 9.17) is 0 Å². The number of rotatable bonds is 4. The third kappa shape index (κ3) is 3.24. The van der Waals surface area contributed by atoms with Crippen LogP contribution in [0, 0.1) is 12.7 Å². The summed E-state index contributed by atoms with van der Waals surface area (Å²) in [6.07, 6.45) is 5.18. The second-order valence-corrected chi connectivity index (χ2v) is 7.27. The number of aromatic nitrogens is 4. The van der Waals surface area contributed by atoms with Gasteiger partial charge in [0.2, 0.25) is 0 Å². The van der Waals surface area contributed by atoms with Gasteiger partial charge in [0.1, 0.15) is 29.7 Å². The average Bonchev–Trinajstić information content (AvgIpc) is 3.43. The molecule has 0 spiro atoms. The summed E-state index contributed by atoms with van der Waals surface area (Å²) in [5.74, 6) is -0.410. The van der Waals surface area contributed by atoms with E-state index in [1.54, 1.807) is 18.5 Å². The number of aryl methyl sites for hydroxylation is 1. The molecule has 1 fully saturated rings. The van der Waals surface area contributed by atoms with Gasteiger partial charge in [-0.05, 0) is 49.6 Å².